The molecule has 0 amide bonds. The number of rotatable bonds is 3. The first-order valence-corrected chi connectivity index (χ1v) is 8.44. The molecule has 0 bridgehead atoms. The fourth-order valence-corrected chi connectivity index (χ4v) is 3.81. The van der Waals surface area contributed by atoms with E-state index in [1.807, 2.05) is 0 Å². The highest BCUT2D eigenvalue weighted by Crippen LogP contribution is 2.28. The number of oxazole rings is 1. The quantitative estimate of drug-likeness (QED) is 0.761. The number of aromatic nitrogens is 1. The lowest BCUT2D eigenvalue weighted by Gasteiger charge is -2.09. The summed E-state index contributed by atoms with van der Waals surface area (Å²) >= 11 is 11.8. The molecule has 1 heterocycles. The van der Waals surface area contributed by atoms with Crippen molar-refractivity contribution >= 4 is 50.0 Å². The van der Waals surface area contributed by atoms with Crippen molar-refractivity contribution in [3.63, 3.8) is 0 Å². The molecule has 0 aliphatic rings. The molecule has 0 aliphatic carbocycles. The maximum Gasteiger partial charge on any atom is 0.263 e. The maximum atomic E-state index is 12.4. The van der Waals surface area contributed by atoms with E-state index in [-0.39, 0.29) is 14.9 Å². The standard InChI is InChI=1S/C14H10Cl2N2O3S/c1-8-17-12-7-10(3-5-13(12)21-8)18-22(19,20)14-6-9(15)2-4-11(14)16/h2-7,18H,1H3. The van der Waals surface area contributed by atoms with Crippen LogP contribution in [-0.4, -0.2) is 13.4 Å². The highest BCUT2D eigenvalue weighted by Gasteiger charge is 2.19. The topological polar surface area (TPSA) is 72.2 Å². The lowest BCUT2D eigenvalue weighted by atomic mass is 10.3. The molecule has 0 aliphatic heterocycles. The van der Waals surface area contributed by atoms with Crippen LogP contribution in [0.4, 0.5) is 5.69 Å². The van der Waals surface area contributed by atoms with Gasteiger partial charge >= 0.3 is 0 Å². The van der Waals surface area contributed by atoms with Gasteiger partial charge in [0.25, 0.3) is 10.0 Å². The molecule has 8 heteroatoms. The zero-order chi connectivity index (χ0) is 15.9. The van der Waals surface area contributed by atoms with Gasteiger partial charge in [-0.1, -0.05) is 23.2 Å². The number of nitrogens with zero attached hydrogens (tertiary/aromatic N) is 1. The maximum absolute atomic E-state index is 12.4. The lowest BCUT2D eigenvalue weighted by molar-refractivity contribution is 0.561. The summed E-state index contributed by atoms with van der Waals surface area (Å²) in [5, 5.41) is 0.377. The summed E-state index contributed by atoms with van der Waals surface area (Å²) in [6, 6.07) is 9.07. The van der Waals surface area contributed by atoms with Gasteiger partial charge in [-0.25, -0.2) is 13.4 Å². The Kier molecular flexibility index (Phi) is 3.76. The Morgan fingerprint density at radius 1 is 1.14 bits per heavy atom. The van der Waals surface area contributed by atoms with Crippen molar-refractivity contribution in [1.82, 2.24) is 4.98 Å². The lowest BCUT2D eigenvalue weighted by Crippen LogP contribution is -2.13. The Bertz CT molecular complexity index is 967. The average Bonchev–Trinajstić information content (AvgIpc) is 2.80. The van der Waals surface area contributed by atoms with E-state index in [0.717, 1.165) is 0 Å². The highest BCUT2D eigenvalue weighted by molar-refractivity contribution is 7.92. The van der Waals surface area contributed by atoms with Crippen LogP contribution >= 0.6 is 23.2 Å². The summed E-state index contributed by atoms with van der Waals surface area (Å²) in [5.74, 6) is 0.507. The first-order chi connectivity index (χ1) is 10.3. The van der Waals surface area contributed by atoms with Crippen LogP contribution in [-0.2, 0) is 10.0 Å². The molecule has 0 unspecified atom stereocenters. The van der Waals surface area contributed by atoms with Gasteiger partial charge in [0.05, 0.1) is 10.7 Å². The van der Waals surface area contributed by atoms with Crippen molar-refractivity contribution in [2.45, 2.75) is 11.8 Å². The summed E-state index contributed by atoms with van der Waals surface area (Å²) in [6.07, 6.45) is 0. The fraction of sp³-hybridized carbons (Fsp3) is 0.0714. The van der Waals surface area contributed by atoms with Crippen LogP contribution in [0.2, 0.25) is 10.0 Å². The third kappa shape index (κ3) is 2.90. The molecule has 0 saturated carbocycles. The summed E-state index contributed by atoms with van der Waals surface area (Å²) in [5.41, 5.74) is 1.51. The Morgan fingerprint density at radius 2 is 1.91 bits per heavy atom. The molecule has 2 aromatic carbocycles. The number of fused-ring (bicyclic) bond motifs is 1. The van der Waals surface area contributed by atoms with Gasteiger partial charge in [-0.3, -0.25) is 4.72 Å². The minimum absolute atomic E-state index is 0.0851. The van der Waals surface area contributed by atoms with Gasteiger partial charge in [-0.15, -0.1) is 0 Å². The zero-order valence-corrected chi connectivity index (χ0v) is 13.6. The predicted molar refractivity (Wildman–Crippen MR) is 86.0 cm³/mol. The number of benzene rings is 2. The van der Waals surface area contributed by atoms with Gasteiger partial charge in [0.1, 0.15) is 10.4 Å². The zero-order valence-electron chi connectivity index (χ0n) is 11.3. The molecule has 0 saturated heterocycles. The minimum Gasteiger partial charge on any atom is -0.441 e. The van der Waals surface area contributed by atoms with Crippen molar-refractivity contribution in [3.8, 4) is 0 Å². The van der Waals surface area contributed by atoms with Crippen molar-refractivity contribution in [3.05, 3.63) is 52.3 Å². The monoisotopic (exact) mass is 356 g/mol. The minimum atomic E-state index is -3.85. The number of sulfonamides is 1. The molecule has 0 spiro atoms. The first kappa shape index (κ1) is 15.1. The van der Waals surface area contributed by atoms with Crippen LogP contribution in [0.1, 0.15) is 5.89 Å². The summed E-state index contributed by atoms with van der Waals surface area (Å²) in [6.45, 7) is 1.72. The molecular formula is C14H10Cl2N2O3S. The van der Waals surface area contributed by atoms with Crippen LogP contribution < -0.4 is 4.72 Å². The molecule has 22 heavy (non-hydrogen) atoms. The molecule has 0 atom stereocenters. The van der Waals surface area contributed by atoms with Gasteiger partial charge < -0.3 is 4.42 Å². The molecule has 0 radical (unpaired) electrons. The first-order valence-electron chi connectivity index (χ1n) is 6.20. The van der Waals surface area contributed by atoms with E-state index in [0.29, 0.717) is 22.7 Å². The van der Waals surface area contributed by atoms with Crippen LogP contribution in [0.3, 0.4) is 0 Å². The molecule has 5 nitrogen and oxygen atoms in total. The molecule has 3 rings (SSSR count). The Hall–Kier alpha value is -1.76. The summed E-state index contributed by atoms with van der Waals surface area (Å²) < 4.78 is 32.6. The van der Waals surface area contributed by atoms with Gasteiger partial charge in [-0.05, 0) is 36.4 Å². The SMILES string of the molecule is Cc1nc2cc(NS(=O)(=O)c3cc(Cl)ccc3Cl)ccc2o1. The molecule has 114 valence electrons. The van der Waals surface area contributed by atoms with Crippen molar-refractivity contribution in [2.24, 2.45) is 0 Å². The number of aryl methyl sites for hydroxylation is 1. The van der Waals surface area contributed by atoms with Crippen LogP contribution in [0.15, 0.2) is 45.7 Å². The Balaban J connectivity index is 2.00. The second-order valence-corrected chi connectivity index (χ2v) is 7.09. The largest absolute Gasteiger partial charge is 0.441 e. The predicted octanol–water partition coefficient (Wildman–Crippen LogP) is 4.24. The Labute approximate surface area is 136 Å². The molecule has 1 aromatic heterocycles. The van der Waals surface area contributed by atoms with E-state index >= 15 is 0 Å². The number of anilines is 1. The second-order valence-electron chi connectivity index (χ2n) is 4.60. The Morgan fingerprint density at radius 3 is 2.68 bits per heavy atom. The van der Waals surface area contributed by atoms with E-state index < -0.39 is 10.0 Å². The van der Waals surface area contributed by atoms with Crippen molar-refractivity contribution in [2.75, 3.05) is 4.72 Å². The van der Waals surface area contributed by atoms with Crippen LogP contribution in [0, 0.1) is 6.92 Å². The van der Waals surface area contributed by atoms with Crippen molar-refractivity contribution in [1.29, 1.82) is 0 Å². The molecule has 3 aromatic rings. The van der Waals surface area contributed by atoms with Crippen LogP contribution in [0.25, 0.3) is 11.1 Å². The van der Waals surface area contributed by atoms with Crippen molar-refractivity contribution < 1.29 is 12.8 Å². The van der Waals surface area contributed by atoms with Gasteiger partial charge in [0.15, 0.2) is 11.5 Å². The van der Waals surface area contributed by atoms with E-state index in [1.54, 1.807) is 25.1 Å². The molecule has 0 fully saturated rings. The van der Waals surface area contributed by atoms with E-state index in [2.05, 4.69) is 9.71 Å². The smallest absolute Gasteiger partial charge is 0.263 e. The highest BCUT2D eigenvalue weighted by atomic mass is 35.5. The number of halogens is 2. The number of nitrogens with one attached hydrogen (secondary N) is 1. The number of hydrogen-bond acceptors (Lipinski definition) is 4. The molecular weight excluding hydrogens is 347 g/mol. The van der Waals surface area contributed by atoms with Crippen LogP contribution in [0.5, 0.6) is 0 Å². The van der Waals surface area contributed by atoms with Gasteiger partial charge in [-0.2, -0.15) is 0 Å². The fourth-order valence-electron chi connectivity index (χ4n) is 2.00. The third-order valence-corrected chi connectivity index (χ3v) is 5.03. The van der Waals surface area contributed by atoms with Gasteiger partial charge in [0, 0.05) is 11.9 Å². The van der Waals surface area contributed by atoms with E-state index in [1.165, 1.54) is 18.2 Å². The van der Waals surface area contributed by atoms with E-state index in [9.17, 15) is 8.42 Å². The average molecular weight is 357 g/mol. The molecule has 1 N–H and O–H groups in total. The number of hydrogen-bond donors (Lipinski definition) is 1. The van der Waals surface area contributed by atoms with Gasteiger partial charge in [0.2, 0.25) is 0 Å². The van der Waals surface area contributed by atoms with E-state index in [4.69, 9.17) is 27.6 Å². The summed E-state index contributed by atoms with van der Waals surface area (Å²) in [4.78, 5) is 4.07. The second kappa shape index (κ2) is 5.46. The third-order valence-electron chi connectivity index (χ3n) is 2.93. The summed E-state index contributed by atoms with van der Waals surface area (Å²) in [7, 11) is -3.85. The normalized spacial score (nSPS) is 11.8.